The van der Waals surface area contributed by atoms with Crippen LogP contribution < -0.4 is 10.6 Å². The highest BCUT2D eigenvalue weighted by atomic mass is 16.4. The van der Waals surface area contributed by atoms with Crippen LogP contribution in [0.15, 0.2) is 60.7 Å². The summed E-state index contributed by atoms with van der Waals surface area (Å²) in [6, 6.07) is 10.6. The van der Waals surface area contributed by atoms with Crippen LogP contribution in [0.4, 0.5) is 0 Å². The molecule has 2 aliphatic carbocycles. The van der Waals surface area contributed by atoms with E-state index >= 15 is 0 Å². The molecule has 0 fully saturated rings. The molecule has 0 saturated heterocycles. The first-order valence-corrected chi connectivity index (χ1v) is 15.2. The number of nitrogens with one attached hydrogen (secondary N) is 2. The number of fused-ring (bicyclic) bond motifs is 4. The maximum absolute atomic E-state index is 13.1. The Morgan fingerprint density at radius 3 is 1.50 bits per heavy atom. The van der Waals surface area contributed by atoms with Gasteiger partial charge in [-0.3, -0.25) is 28.8 Å². The molecule has 6 rings (SSSR count). The number of aliphatic carboxylic acids is 1. The topological polar surface area (TPSA) is 245 Å². The molecule has 14 nitrogen and oxygen atoms in total. The van der Waals surface area contributed by atoms with Crippen LogP contribution in [0.5, 0.6) is 23.0 Å². The highest BCUT2D eigenvalue weighted by Crippen LogP contribution is 2.38. The van der Waals surface area contributed by atoms with Crippen molar-refractivity contribution in [2.24, 2.45) is 0 Å². The second kappa shape index (κ2) is 12.6. The van der Waals surface area contributed by atoms with Crippen molar-refractivity contribution in [2.75, 3.05) is 6.54 Å². The van der Waals surface area contributed by atoms with Crippen LogP contribution in [0.2, 0.25) is 0 Å². The number of aromatic hydroxyl groups is 4. The van der Waals surface area contributed by atoms with Gasteiger partial charge < -0.3 is 36.2 Å². The van der Waals surface area contributed by atoms with E-state index in [4.69, 9.17) is 0 Å². The third kappa shape index (κ3) is 5.57. The van der Waals surface area contributed by atoms with Crippen molar-refractivity contribution >= 4 is 40.9 Å². The standard InChI is InChI=1S/C36H26N2O12/c39-22-8-3-5-17-26(22)32(45)28-19(30(17)43)11-15(13-24(28)41)34(47)37-10-2-1-7-21(36(49)50)38-35(48)16-12-20-29(25(42)14-16)33(46)27-18(31(20)44)6-4-9-23(27)40/h3-6,8-9,11-14,21,39-42H,1-2,7,10H2,(H,37,47)(H,38,48)(H,49,50). The van der Waals surface area contributed by atoms with Crippen LogP contribution in [0.25, 0.3) is 0 Å². The number of hydrogen-bond donors (Lipinski definition) is 7. The van der Waals surface area contributed by atoms with E-state index in [9.17, 15) is 59.1 Å². The molecular weight excluding hydrogens is 652 g/mol. The Kier molecular flexibility index (Phi) is 8.37. The monoisotopic (exact) mass is 678 g/mol. The summed E-state index contributed by atoms with van der Waals surface area (Å²) in [5.74, 6) is -8.15. The summed E-state index contributed by atoms with van der Waals surface area (Å²) in [5, 5.41) is 55.9. The lowest BCUT2D eigenvalue weighted by Gasteiger charge is -2.20. The Morgan fingerprint density at radius 2 is 1.02 bits per heavy atom. The van der Waals surface area contributed by atoms with Gasteiger partial charge in [0, 0.05) is 39.9 Å². The van der Waals surface area contributed by atoms with E-state index in [1.807, 2.05) is 0 Å². The van der Waals surface area contributed by atoms with Gasteiger partial charge in [0.05, 0.1) is 22.3 Å². The van der Waals surface area contributed by atoms with Crippen molar-refractivity contribution in [1.29, 1.82) is 0 Å². The van der Waals surface area contributed by atoms with Crippen LogP contribution in [0.3, 0.4) is 0 Å². The molecule has 0 radical (unpaired) electrons. The van der Waals surface area contributed by atoms with Gasteiger partial charge >= 0.3 is 5.97 Å². The van der Waals surface area contributed by atoms with Gasteiger partial charge in [-0.05, 0) is 55.7 Å². The molecule has 14 heteroatoms. The zero-order valence-corrected chi connectivity index (χ0v) is 25.8. The van der Waals surface area contributed by atoms with Gasteiger partial charge in [-0.25, -0.2) is 4.79 Å². The van der Waals surface area contributed by atoms with Crippen molar-refractivity contribution in [3.63, 3.8) is 0 Å². The zero-order valence-electron chi connectivity index (χ0n) is 25.8. The lowest BCUT2D eigenvalue weighted by Crippen LogP contribution is -2.41. The van der Waals surface area contributed by atoms with E-state index in [0.29, 0.717) is 0 Å². The van der Waals surface area contributed by atoms with Gasteiger partial charge in [0.25, 0.3) is 11.8 Å². The largest absolute Gasteiger partial charge is 0.507 e. The number of hydrogen-bond acceptors (Lipinski definition) is 11. The minimum absolute atomic E-state index is 0.0341. The van der Waals surface area contributed by atoms with E-state index in [-0.39, 0.29) is 75.9 Å². The minimum atomic E-state index is -1.41. The van der Waals surface area contributed by atoms with Crippen LogP contribution in [0.1, 0.15) is 104 Å². The number of amides is 2. The number of carboxylic acids is 1. The lowest BCUT2D eigenvalue weighted by molar-refractivity contribution is -0.139. The number of carbonyl (C=O) groups is 7. The summed E-state index contributed by atoms with van der Waals surface area (Å²) in [7, 11) is 0. The Hall–Kier alpha value is -6.83. The average molecular weight is 679 g/mol. The third-order valence-electron chi connectivity index (χ3n) is 8.54. The predicted octanol–water partition coefficient (Wildman–Crippen LogP) is 2.84. The van der Waals surface area contributed by atoms with E-state index < -0.39 is 75.5 Å². The summed E-state index contributed by atoms with van der Waals surface area (Å²) in [5.41, 5.74) is -2.32. The van der Waals surface area contributed by atoms with Crippen LogP contribution in [-0.2, 0) is 4.79 Å². The molecule has 50 heavy (non-hydrogen) atoms. The maximum atomic E-state index is 13.1. The normalized spacial score (nSPS) is 13.4. The molecule has 0 spiro atoms. The van der Waals surface area contributed by atoms with Crippen molar-refractivity contribution in [3.05, 3.63) is 116 Å². The highest BCUT2D eigenvalue weighted by molar-refractivity contribution is 6.31. The molecule has 252 valence electrons. The van der Waals surface area contributed by atoms with Crippen LogP contribution in [-0.4, -0.2) is 79.0 Å². The minimum Gasteiger partial charge on any atom is -0.507 e. The maximum Gasteiger partial charge on any atom is 0.326 e. The molecule has 0 aliphatic heterocycles. The van der Waals surface area contributed by atoms with Crippen LogP contribution in [0, 0.1) is 0 Å². The molecule has 0 saturated carbocycles. The lowest BCUT2D eigenvalue weighted by atomic mass is 9.82. The number of unbranched alkanes of at least 4 members (excludes halogenated alkanes) is 1. The first-order valence-electron chi connectivity index (χ1n) is 15.2. The molecule has 0 bridgehead atoms. The molecule has 4 aromatic rings. The quantitative estimate of drug-likeness (QED) is 0.109. The Balaban J connectivity index is 1.07. The second-order valence-electron chi connectivity index (χ2n) is 11.7. The number of rotatable bonds is 9. The molecule has 2 amide bonds. The average Bonchev–Trinajstić information content (AvgIpc) is 3.07. The van der Waals surface area contributed by atoms with Gasteiger partial charge in [0.2, 0.25) is 11.6 Å². The number of benzene rings is 4. The Labute approximate surface area is 281 Å². The van der Waals surface area contributed by atoms with Crippen molar-refractivity contribution in [3.8, 4) is 23.0 Å². The van der Waals surface area contributed by atoms with E-state index in [0.717, 1.165) is 24.3 Å². The summed E-state index contributed by atoms with van der Waals surface area (Å²) in [6.45, 7) is 0.0341. The van der Waals surface area contributed by atoms with Gasteiger partial charge in [-0.15, -0.1) is 0 Å². The highest BCUT2D eigenvalue weighted by Gasteiger charge is 2.36. The van der Waals surface area contributed by atoms with E-state index in [1.54, 1.807) is 0 Å². The molecule has 2 aliphatic rings. The van der Waals surface area contributed by atoms with Crippen molar-refractivity contribution < 1.29 is 59.1 Å². The number of phenolic OH excluding ortho intramolecular Hbond substituents is 4. The fraction of sp³-hybridized carbons (Fsp3) is 0.139. The summed E-state index contributed by atoms with van der Waals surface area (Å²) in [6.07, 6.45) is 0.359. The second-order valence-corrected chi connectivity index (χ2v) is 11.7. The van der Waals surface area contributed by atoms with Gasteiger partial charge in [0.15, 0.2) is 11.6 Å². The van der Waals surface area contributed by atoms with Crippen LogP contribution >= 0.6 is 0 Å². The smallest absolute Gasteiger partial charge is 0.326 e. The summed E-state index contributed by atoms with van der Waals surface area (Å²) in [4.78, 5) is 89.8. The molecule has 1 unspecified atom stereocenters. The van der Waals surface area contributed by atoms with Crippen molar-refractivity contribution in [1.82, 2.24) is 10.6 Å². The van der Waals surface area contributed by atoms with Gasteiger partial charge in [0.1, 0.15) is 29.0 Å². The fourth-order valence-corrected chi connectivity index (χ4v) is 6.10. The first-order chi connectivity index (χ1) is 23.8. The SMILES string of the molecule is O=C(NCCCCC(NC(=O)c1cc(O)c2c(c1)C(=O)c1cccc(O)c1C2=O)C(=O)O)c1cc(O)c2c(c1)C(=O)c1cccc(O)c1C2=O. The molecule has 0 aromatic heterocycles. The molecule has 1 atom stereocenters. The van der Waals surface area contributed by atoms with Crippen molar-refractivity contribution in [2.45, 2.75) is 25.3 Å². The summed E-state index contributed by atoms with van der Waals surface area (Å²) >= 11 is 0. The number of carbonyl (C=O) groups excluding carboxylic acids is 6. The van der Waals surface area contributed by atoms with Gasteiger partial charge in [-0.2, -0.15) is 0 Å². The third-order valence-corrected chi connectivity index (χ3v) is 8.54. The number of phenols is 4. The number of ketones is 4. The predicted molar refractivity (Wildman–Crippen MR) is 171 cm³/mol. The Bertz CT molecular complexity index is 2220. The number of carboxylic acid groups (broad SMARTS) is 1. The summed E-state index contributed by atoms with van der Waals surface area (Å²) < 4.78 is 0. The Morgan fingerprint density at radius 1 is 0.560 bits per heavy atom. The fourth-order valence-electron chi connectivity index (χ4n) is 6.10. The molecule has 0 heterocycles. The van der Waals surface area contributed by atoms with E-state index in [1.165, 1.54) is 36.4 Å². The molecule has 4 aromatic carbocycles. The zero-order chi connectivity index (χ0) is 36.0. The first kappa shape index (κ1) is 33.1. The molecular formula is C36H26N2O12. The van der Waals surface area contributed by atoms with Gasteiger partial charge in [-0.1, -0.05) is 24.3 Å². The van der Waals surface area contributed by atoms with E-state index in [2.05, 4.69) is 10.6 Å². The molecule has 7 N–H and O–H groups in total.